The van der Waals surface area contributed by atoms with Crippen LogP contribution in [0.15, 0.2) is 0 Å². The molecule has 4 atom stereocenters. The highest BCUT2D eigenvalue weighted by molar-refractivity contribution is 5.86. The van der Waals surface area contributed by atoms with Crippen LogP contribution in [0.1, 0.15) is 39.5 Å². The molecule has 2 aliphatic rings. The zero-order chi connectivity index (χ0) is 8.72. The lowest BCUT2D eigenvalue weighted by Crippen LogP contribution is -2.20. The molecule has 12 heavy (non-hydrogen) atoms. The smallest absolute Gasteiger partial charge is 0.139 e. The molecule has 0 bridgehead atoms. The first-order valence-corrected chi connectivity index (χ1v) is 5.25. The molecule has 2 fully saturated rings. The number of hydrogen-bond acceptors (Lipinski definition) is 1. The van der Waals surface area contributed by atoms with Crippen molar-refractivity contribution in [2.75, 3.05) is 0 Å². The number of fused-ring (bicyclic) bond motifs is 1. The first-order valence-electron chi connectivity index (χ1n) is 5.25. The third kappa shape index (κ3) is 1.02. The zero-order valence-electron chi connectivity index (χ0n) is 8.05. The molecule has 2 saturated carbocycles. The molecule has 1 nitrogen and oxygen atoms in total. The van der Waals surface area contributed by atoms with Gasteiger partial charge in [0.05, 0.1) is 0 Å². The molecule has 0 heterocycles. The van der Waals surface area contributed by atoms with Gasteiger partial charge in [-0.3, -0.25) is 4.79 Å². The summed E-state index contributed by atoms with van der Waals surface area (Å²) in [6, 6.07) is 0. The average Bonchev–Trinajstić information content (AvgIpc) is 2.33. The largest absolute Gasteiger partial charge is 0.299 e. The number of hydrogen-bond donors (Lipinski definition) is 0. The maximum absolute atomic E-state index is 11.7. The van der Waals surface area contributed by atoms with Crippen molar-refractivity contribution in [2.45, 2.75) is 39.5 Å². The Balaban J connectivity index is 2.19. The van der Waals surface area contributed by atoms with Crippen molar-refractivity contribution in [3.63, 3.8) is 0 Å². The van der Waals surface area contributed by atoms with E-state index in [0.717, 1.165) is 5.92 Å². The monoisotopic (exact) mass is 166 g/mol. The molecule has 0 radical (unpaired) electrons. The maximum Gasteiger partial charge on any atom is 0.139 e. The van der Waals surface area contributed by atoms with Gasteiger partial charge in [-0.25, -0.2) is 0 Å². The Morgan fingerprint density at radius 3 is 2.50 bits per heavy atom. The first-order chi connectivity index (χ1) is 5.72. The normalized spacial score (nSPS) is 47.7. The highest BCUT2D eigenvalue weighted by Gasteiger charge is 2.45. The third-order valence-electron chi connectivity index (χ3n) is 4.10. The van der Waals surface area contributed by atoms with Crippen molar-refractivity contribution in [2.24, 2.45) is 23.7 Å². The molecular formula is C11H18O. The second-order valence-corrected chi connectivity index (χ2v) is 4.60. The van der Waals surface area contributed by atoms with Crippen molar-refractivity contribution in [1.29, 1.82) is 0 Å². The Morgan fingerprint density at radius 2 is 1.83 bits per heavy atom. The Bertz CT molecular complexity index is 197. The van der Waals surface area contributed by atoms with E-state index >= 15 is 0 Å². The molecule has 2 rings (SSSR count). The Morgan fingerprint density at radius 1 is 1.17 bits per heavy atom. The average molecular weight is 166 g/mol. The van der Waals surface area contributed by atoms with E-state index in [9.17, 15) is 4.79 Å². The van der Waals surface area contributed by atoms with Gasteiger partial charge in [0.15, 0.2) is 0 Å². The van der Waals surface area contributed by atoms with Crippen molar-refractivity contribution >= 4 is 5.78 Å². The summed E-state index contributed by atoms with van der Waals surface area (Å²) in [5, 5.41) is 0. The second-order valence-electron chi connectivity index (χ2n) is 4.60. The van der Waals surface area contributed by atoms with Gasteiger partial charge in [-0.1, -0.05) is 26.7 Å². The lowest BCUT2D eigenvalue weighted by Gasteiger charge is -2.26. The van der Waals surface area contributed by atoms with Crippen LogP contribution < -0.4 is 0 Å². The fraction of sp³-hybridized carbons (Fsp3) is 0.909. The van der Waals surface area contributed by atoms with Gasteiger partial charge in [-0.15, -0.1) is 0 Å². The highest BCUT2D eigenvalue weighted by atomic mass is 16.1. The van der Waals surface area contributed by atoms with Gasteiger partial charge in [-0.2, -0.15) is 0 Å². The molecule has 0 aromatic rings. The molecule has 3 unspecified atom stereocenters. The van der Waals surface area contributed by atoms with Crippen LogP contribution >= 0.6 is 0 Å². The summed E-state index contributed by atoms with van der Waals surface area (Å²) in [5.74, 6) is 2.75. The summed E-state index contributed by atoms with van der Waals surface area (Å²) < 4.78 is 0. The van der Waals surface area contributed by atoms with Gasteiger partial charge in [0.2, 0.25) is 0 Å². The molecule has 0 aromatic heterocycles. The molecule has 2 aliphatic carbocycles. The van der Waals surface area contributed by atoms with Crippen LogP contribution in [0, 0.1) is 23.7 Å². The van der Waals surface area contributed by atoms with Crippen molar-refractivity contribution in [3.05, 3.63) is 0 Å². The van der Waals surface area contributed by atoms with E-state index in [1.54, 1.807) is 0 Å². The number of rotatable bonds is 0. The SMILES string of the molecule is CC1C(=O)C2CCCC[C@H]2C1C. The predicted molar refractivity (Wildman–Crippen MR) is 48.8 cm³/mol. The second kappa shape index (κ2) is 2.86. The van der Waals surface area contributed by atoms with Gasteiger partial charge in [0.1, 0.15) is 5.78 Å². The van der Waals surface area contributed by atoms with Crippen LogP contribution in [0.4, 0.5) is 0 Å². The van der Waals surface area contributed by atoms with Crippen molar-refractivity contribution in [1.82, 2.24) is 0 Å². The lowest BCUT2D eigenvalue weighted by molar-refractivity contribution is -0.124. The highest BCUT2D eigenvalue weighted by Crippen LogP contribution is 2.46. The van der Waals surface area contributed by atoms with Crippen LogP contribution in [0.5, 0.6) is 0 Å². The van der Waals surface area contributed by atoms with Gasteiger partial charge in [-0.05, 0) is 24.7 Å². The van der Waals surface area contributed by atoms with E-state index in [1.807, 2.05) is 0 Å². The molecule has 68 valence electrons. The van der Waals surface area contributed by atoms with E-state index in [1.165, 1.54) is 25.7 Å². The number of Topliss-reactive ketones (excluding diaryl/α,β-unsaturated/α-hetero) is 1. The summed E-state index contributed by atoms with van der Waals surface area (Å²) in [6.07, 6.45) is 5.12. The Hall–Kier alpha value is -0.330. The van der Waals surface area contributed by atoms with Gasteiger partial charge in [0.25, 0.3) is 0 Å². The summed E-state index contributed by atoms with van der Waals surface area (Å²) in [5.41, 5.74) is 0. The summed E-state index contributed by atoms with van der Waals surface area (Å²) in [6.45, 7) is 4.38. The van der Waals surface area contributed by atoms with Crippen LogP contribution in [0.3, 0.4) is 0 Å². The van der Waals surface area contributed by atoms with E-state index in [4.69, 9.17) is 0 Å². The Kier molecular flexibility index (Phi) is 1.97. The van der Waals surface area contributed by atoms with Crippen molar-refractivity contribution < 1.29 is 4.79 Å². The summed E-state index contributed by atoms with van der Waals surface area (Å²) >= 11 is 0. The lowest BCUT2D eigenvalue weighted by atomic mass is 9.78. The molecule has 0 saturated heterocycles. The molecule has 1 heteroatoms. The van der Waals surface area contributed by atoms with Gasteiger partial charge in [0, 0.05) is 11.8 Å². The van der Waals surface area contributed by atoms with E-state index in [-0.39, 0.29) is 0 Å². The Labute approximate surface area is 74.5 Å². The van der Waals surface area contributed by atoms with Crippen LogP contribution in [-0.2, 0) is 4.79 Å². The predicted octanol–water partition coefficient (Wildman–Crippen LogP) is 2.65. The number of ketones is 1. The maximum atomic E-state index is 11.7. The minimum Gasteiger partial charge on any atom is -0.299 e. The minimum atomic E-state index is 0.345. The summed E-state index contributed by atoms with van der Waals surface area (Å²) in [4.78, 5) is 11.7. The fourth-order valence-corrected chi connectivity index (χ4v) is 3.11. The molecule has 0 amide bonds. The minimum absolute atomic E-state index is 0.345. The van der Waals surface area contributed by atoms with Crippen LogP contribution in [-0.4, -0.2) is 5.78 Å². The number of carbonyl (C=O) groups is 1. The van der Waals surface area contributed by atoms with Gasteiger partial charge < -0.3 is 0 Å². The standard InChI is InChI=1S/C11H18O/c1-7-8(2)11(12)10-6-4-3-5-9(7)10/h7-10H,3-6H2,1-2H3/t7?,8?,9-,10?/m0/s1. The topological polar surface area (TPSA) is 17.1 Å². The summed E-state index contributed by atoms with van der Waals surface area (Å²) in [7, 11) is 0. The van der Waals surface area contributed by atoms with Gasteiger partial charge >= 0.3 is 0 Å². The van der Waals surface area contributed by atoms with E-state index in [2.05, 4.69) is 13.8 Å². The van der Waals surface area contributed by atoms with E-state index in [0.29, 0.717) is 23.5 Å². The zero-order valence-corrected chi connectivity index (χ0v) is 8.05. The number of carbonyl (C=O) groups excluding carboxylic acids is 1. The van der Waals surface area contributed by atoms with Crippen molar-refractivity contribution in [3.8, 4) is 0 Å². The molecule has 0 aromatic carbocycles. The quantitative estimate of drug-likeness (QED) is 0.540. The fourth-order valence-electron chi connectivity index (χ4n) is 3.11. The molecule has 0 spiro atoms. The first kappa shape index (κ1) is 8.28. The molecular weight excluding hydrogens is 148 g/mol. The van der Waals surface area contributed by atoms with Crippen LogP contribution in [0.2, 0.25) is 0 Å². The van der Waals surface area contributed by atoms with Crippen LogP contribution in [0.25, 0.3) is 0 Å². The van der Waals surface area contributed by atoms with E-state index < -0.39 is 0 Å². The third-order valence-corrected chi connectivity index (χ3v) is 4.10. The molecule has 0 aliphatic heterocycles. The molecule has 0 N–H and O–H groups in total.